The molecule has 0 bridgehead atoms. The lowest BCUT2D eigenvalue weighted by atomic mass is 10.2. The van der Waals surface area contributed by atoms with Crippen LogP contribution in [0, 0.1) is 6.92 Å². The second kappa shape index (κ2) is 8.44. The van der Waals surface area contributed by atoms with Gasteiger partial charge in [0.1, 0.15) is 10.8 Å². The van der Waals surface area contributed by atoms with E-state index in [1.807, 2.05) is 12.1 Å². The molecule has 0 aliphatic heterocycles. The first-order chi connectivity index (χ1) is 13.7. The Labute approximate surface area is 170 Å². The number of rotatable bonds is 7. The summed E-state index contributed by atoms with van der Waals surface area (Å²) in [5.74, 6) is 0.931. The molecule has 0 aliphatic carbocycles. The minimum Gasteiger partial charge on any atom is -0.494 e. The Morgan fingerprint density at radius 1 is 0.964 bits per heavy atom. The second-order valence-electron chi connectivity index (χ2n) is 6.91. The number of ether oxygens (including phenoxy) is 1. The van der Waals surface area contributed by atoms with E-state index < -0.39 is 0 Å². The molecule has 4 rings (SSSR count). The van der Waals surface area contributed by atoms with Crippen LogP contribution in [0.1, 0.15) is 24.5 Å². The van der Waals surface area contributed by atoms with Crippen LogP contribution in [0.4, 0.5) is 5.69 Å². The first-order valence-corrected chi connectivity index (χ1v) is 10.5. The van der Waals surface area contributed by atoms with E-state index in [2.05, 4.69) is 73.8 Å². The Kier molecular flexibility index (Phi) is 5.58. The molecule has 1 heterocycles. The number of anilines is 1. The molecule has 0 atom stereocenters. The molecule has 0 saturated carbocycles. The van der Waals surface area contributed by atoms with Gasteiger partial charge in [-0.1, -0.05) is 25.1 Å². The quantitative estimate of drug-likeness (QED) is 0.384. The molecule has 3 aromatic carbocycles. The third-order valence-electron chi connectivity index (χ3n) is 4.57. The molecule has 0 fully saturated rings. The minimum atomic E-state index is 0.762. The van der Waals surface area contributed by atoms with Crippen LogP contribution in [0.2, 0.25) is 0 Å². The average Bonchev–Trinajstić information content (AvgIpc) is 3.15. The Morgan fingerprint density at radius 2 is 1.75 bits per heavy atom. The molecule has 4 heteroatoms. The van der Waals surface area contributed by atoms with Crippen LogP contribution < -0.4 is 10.1 Å². The highest BCUT2D eigenvalue weighted by Crippen LogP contribution is 2.31. The summed E-state index contributed by atoms with van der Waals surface area (Å²) in [6, 6.07) is 23.2. The molecular formula is C24H24N2OS. The number of aromatic nitrogens is 1. The molecule has 0 unspecified atom stereocenters. The van der Waals surface area contributed by atoms with Gasteiger partial charge < -0.3 is 10.1 Å². The van der Waals surface area contributed by atoms with Crippen molar-refractivity contribution in [3.05, 3.63) is 77.9 Å². The SMILES string of the molecule is CCCOc1ccc(CNc2ccc(-c3nc4ccc(C)cc4s3)cc2)cc1. The van der Waals surface area contributed by atoms with Crippen molar-refractivity contribution in [2.24, 2.45) is 0 Å². The average molecular weight is 389 g/mol. The fourth-order valence-corrected chi connectivity index (χ4v) is 4.08. The van der Waals surface area contributed by atoms with Crippen molar-refractivity contribution >= 4 is 27.2 Å². The van der Waals surface area contributed by atoms with Gasteiger partial charge in [-0.05, 0) is 73.0 Å². The molecule has 3 nitrogen and oxygen atoms in total. The first kappa shape index (κ1) is 18.5. The van der Waals surface area contributed by atoms with Crippen molar-refractivity contribution in [3.63, 3.8) is 0 Å². The van der Waals surface area contributed by atoms with Gasteiger partial charge in [0.15, 0.2) is 0 Å². The summed E-state index contributed by atoms with van der Waals surface area (Å²) in [4.78, 5) is 4.76. The fourth-order valence-electron chi connectivity index (χ4n) is 3.01. The summed E-state index contributed by atoms with van der Waals surface area (Å²) in [6.45, 7) is 5.78. The van der Waals surface area contributed by atoms with Crippen LogP contribution in [0.3, 0.4) is 0 Å². The summed E-state index contributed by atoms with van der Waals surface area (Å²) in [7, 11) is 0. The molecule has 142 valence electrons. The van der Waals surface area contributed by atoms with Crippen molar-refractivity contribution < 1.29 is 4.74 Å². The maximum atomic E-state index is 5.63. The Morgan fingerprint density at radius 3 is 2.50 bits per heavy atom. The van der Waals surface area contributed by atoms with Gasteiger partial charge in [-0.25, -0.2) is 4.98 Å². The van der Waals surface area contributed by atoms with Crippen molar-refractivity contribution in [3.8, 4) is 16.3 Å². The van der Waals surface area contributed by atoms with Crippen molar-refractivity contribution in [1.29, 1.82) is 0 Å². The zero-order chi connectivity index (χ0) is 19.3. The summed E-state index contributed by atoms with van der Waals surface area (Å²) in [6.07, 6.45) is 1.02. The second-order valence-corrected chi connectivity index (χ2v) is 7.94. The van der Waals surface area contributed by atoms with E-state index in [0.29, 0.717) is 0 Å². The van der Waals surface area contributed by atoms with E-state index in [1.54, 1.807) is 11.3 Å². The van der Waals surface area contributed by atoms with Crippen LogP contribution in [-0.2, 0) is 6.54 Å². The van der Waals surface area contributed by atoms with Gasteiger partial charge in [0.25, 0.3) is 0 Å². The fraction of sp³-hybridized carbons (Fsp3) is 0.208. The number of nitrogens with zero attached hydrogens (tertiary/aromatic N) is 1. The van der Waals surface area contributed by atoms with Crippen LogP contribution in [0.5, 0.6) is 5.75 Å². The molecule has 0 amide bonds. The molecule has 4 aromatic rings. The van der Waals surface area contributed by atoms with Gasteiger partial charge in [0.05, 0.1) is 16.8 Å². The van der Waals surface area contributed by atoms with Crippen molar-refractivity contribution in [2.45, 2.75) is 26.8 Å². The van der Waals surface area contributed by atoms with E-state index >= 15 is 0 Å². The van der Waals surface area contributed by atoms with Crippen LogP contribution in [0.15, 0.2) is 66.7 Å². The Balaban J connectivity index is 1.40. The molecule has 0 spiro atoms. The maximum absolute atomic E-state index is 5.63. The lowest BCUT2D eigenvalue weighted by Crippen LogP contribution is -2.00. The van der Waals surface area contributed by atoms with Crippen LogP contribution in [0.25, 0.3) is 20.8 Å². The third-order valence-corrected chi connectivity index (χ3v) is 5.64. The number of aryl methyl sites for hydroxylation is 1. The van der Waals surface area contributed by atoms with Crippen molar-refractivity contribution in [1.82, 2.24) is 4.98 Å². The predicted molar refractivity (Wildman–Crippen MR) is 119 cm³/mol. The zero-order valence-corrected chi connectivity index (χ0v) is 17.1. The zero-order valence-electron chi connectivity index (χ0n) is 16.2. The third kappa shape index (κ3) is 4.34. The first-order valence-electron chi connectivity index (χ1n) is 9.64. The summed E-state index contributed by atoms with van der Waals surface area (Å²) >= 11 is 1.74. The molecule has 28 heavy (non-hydrogen) atoms. The minimum absolute atomic E-state index is 0.762. The summed E-state index contributed by atoms with van der Waals surface area (Å²) in [5, 5.41) is 4.54. The number of hydrogen-bond donors (Lipinski definition) is 1. The number of thiazole rings is 1. The highest BCUT2D eigenvalue weighted by atomic mass is 32.1. The topological polar surface area (TPSA) is 34.1 Å². The molecule has 1 N–H and O–H groups in total. The summed E-state index contributed by atoms with van der Waals surface area (Å²) < 4.78 is 6.87. The Hall–Kier alpha value is -2.85. The maximum Gasteiger partial charge on any atom is 0.124 e. The van der Waals surface area contributed by atoms with Gasteiger partial charge in [-0.3, -0.25) is 0 Å². The van der Waals surface area contributed by atoms with E-state index in [0.717, 1.165) is 47.1 Å². The van der Waals surface area contributed by atoms with Crippen molar-refractivity contribution in [2.75, 3.05) is 11.9 Å². The van der Waals surface area contributed by atoms with E-state index in [-0.39, 0.29) is 0 Å². The lowest BCUT2D eigenvalue weighted by molar-refractivity contribution is 0.317. The number of hydrogen-bond acceptors (Lipinski definition) is 4. The number of benzene rings is 3. The normalized spacial score (nSPS) is 10.9. The molecule has 0 radical (unpaired) electrons. The van der Waals surface area contributed by atoms with Gasteiger partial charge >= 0.3 is 0 Å². The summed E-state index contributed by atoms with van der Waals surface area (Å²) in [5.41, 5.74) is 5.83. The van der Waals surface area contributed by atoms with Gasteiger partial charge in [-0.2, -0.15) is 0 Å². The van der Waals surface area contributed by atoms with E-state index in [4.69, 9.17) is 9.72 Å². The number of nitrogens with one attached hydrogen (secondary N) is 1. The number of fused-ring (bicyclic) bond motifs is 1. The predicted octanol–water partition coefficient (Wildman–Crippen LogP) is 6.67. The standard InChI is InChI=1S/C24H24N2OS/c1-3-14-27-21-11-5-18(6-12-21)16-25-20-9-7-19(8-10-20)24-26-22-13-4-17(2)15-23(22)28-24/h4-13,15,25H,3,14,16H2,1-2H3. The molecule has 0 aliphatic rings. The monoisotopic (exact) mass is 388 g/mol. The van der Waals surface area contributed by atoms with Gasteiger partial charge in [-0.15, -0.1) is 11.3 Å². The molecule has 1 aromatic heterocycles. The van der Waals surface area contributed by atoms with E-state index in [9.17, 15) is 0 Å². The Bertz CT molecular complexity index is 1050. The molecular weight excluding hydrogens is 364 g/mol. The van der Waals surface area contributed by atoms with E-state index in [1.165, 1.54) is 15.8 Å². The highest BCUT2D eigenvalue weighted by molar-refractivity contribution is 7.21. The lowest BCUT2D eigenvalue weighted by Gasteiger charge is -2.09. The largest absolute Gasteiger partial charge is 0.494 e. The van der Waals surface area contributed by atoms with Gasteiger partial charge in [0, 0.05) is 17.8 Å². The molecule has 0 saturated heterocycles. The van der Waals surface area contributed by atoms with Crippen LogP contribution in [-0.4, -0.2) is 11.6 Å². The van der Waals surface area contributed by atoms with Gasteiger partial charge in [0.2, 0.25) is 0 Å². The smallest absolute Gasteiger partial charge is 0.124 e. The highest BCUT2D eigenvalue weighted by Gasteiger charge is 2.06. The van der Waals surface area contributed by atoms with Crippen LogP contribution >= 0.6 is 11.3 Å².